The molecular weight excluding hydrogens is 414 g/mol. The number of benzene rings is 3. The van der Waals surface area contributed by atoms with Gasteiger partial charge in [-0.05, 0) is 66.8 Å². The second-order valence-electron chi connectivity index (χ2n) is 8.68. The van der Waals surface area contributed by atoms with Gasteiger partial charge in [-0.1, -0.05) is 85.3 Å². The van der Waals surface area contributed by atoms with Gasteiger partial charge in [0.15, 0.2) is 0 Å². The molecule has 0 radical (unpaired) electrons. The highest BCUT2D eigenvalue weighted by molar-refractivity contribution is 6.31. The molecule has 1 aromatic heterocycles. The summed E-state index contributed by atoms with van der Waals surface area (Å²) in [7, 11) is 0. The van der Waals surface area contributed by atoms with Crippen LogP contribution in [0.2, 0.25) is 5.02 Å². The monoisotopic (exact) mass is 441 g/mol. The Balaban J connectivity index is 1.65. The summed E-state index contributed by atoms with van der Waals surface area (Å²) in [5.74, 6) is 0.215. The smallest absolute Gasteiger partial charge is 0.0843 e. The summed E-state index contributed by atoms with van der Waals surface area (Å²) in [5.41, 5.74) is 5.42. The number of halogens is 1. The second kappa shape index (κ2) is 9.28. The number of nitrogens with zero attached hydrogens (tertiary/aromatic N) is 1. The van der Waals surface area contributed by atoms with Gasteiger partial charge < -0.3 is 5.11 Å². The number of rotatable bonds is 6. The zero-order chi connectivity index (χ0) is 22.7. The normalized spacial score (nSPS) is 13.0. The van der Waals surface area contributed by atoms with Crippen LogP contribution in [0, 0.1) is 0 Å². The molecule has 0 aliphatic rings. The third-order valence-electron chi connectivity index (χ3n) is 5.84. The molecule has 3 heteroatoms. The van der Waals surface area contributed by atoms with Crippen LogP contribution in [0.5, 0.6) is 0 Å². The van der Waals surface area contributed by atoms with Crippen molar-refractivity contribution in [3.05, 3.63) is 112 Å². The van der Waals surface area contributed by atoms with Crippen LogP contribution in [0.15, 0.2) is 78.9 Å². The van der Waals surface area contributed by atoms with Gasteiger partial charge in [0, 0.05) is 16.3 Å². The summed E-state index contributed by atoms with van der Waals surface area (Å²) >= 11 is 6.12. The number of fused-ring (bicyclic) bond motifs is 1. The van der Waals surface area contributed by atoms with Crippen LogP contribution >= 0.6 is 11.6 Å². The lowest BCUT2D eigenvalue weighted by atomic mass is 9.81. The lowest BCUT2D eigenvalue weighted by molar-refractivity contribution is 0.0773. The molecule has 0 aliphatic heterocycles. The Hall–Kier alpha value is -2.94. The van der Waals surface area contributed by atoms with Crippen molar-refractivity contribution in [1.82, 2.24) is 4.98 Å². The maximum Gasteiger partial charge on any atom is 0.0843 e. The number of hydrogen-bond donors (Lipinski definition) is 1. The fourth-order valence-electron chi connectivity index (χ4n) is 4.25. The van der Waals surface area contributed by atoms with E-state index in [1.54, 1.807) is 0 Å². The van der Waals surface area contributed by atoms with E-state index in [-0.39, 0.29) is 5.92 Å². The van der Waals surface area contributed by atoms with Gasteiger partial charge in [0.05, 0.1) is 16.8 Å². The Kier molecular flexibility index (Phi) is 6.45. The highest BCUT2D eigenvalue weighted by Crippen LogP contribution is 2.35. The van der Waals surface area contributed by atoms with E-state index in [1.807, 2.05) is 56.3 Å². The van der Waals surface area contributed by atoms with Crippen LogP contribution in [-0.2, 0) is 5.60 Å². The van der Waals surface area contributed by atoms with Crippen LogP contribution in [0.1, 0.15) is 61.1 Å². The Labute approximate surface area is 195 Å². The van der Waals surface area contributed by atoms with Crippen molar-refractivity contribution in [2.24, 2.45) is 0 Å². The van der Waals surface area contributed by atoms with Crippen molar-refractivity contribution < 1.29 is 5.11 Å². The molecule has 1 heterocycles. The second-order valence-corrected chi connectivity index (χ2v) is 9.12. The molecule has 0 amide bonds. The largest absolute Gasteiger partial charge is 0.386 e. The summed E-state index contributed by atoms with van der Waals surface area (Å²) in [6.45, 7) is 5.89. The molecule has 0 aliphatic carbocycles. The van der Waals surface area contributed by atoms with E-state index in [9.17, 15) is 5.11 Å². The first-order valence-electron chi connectivity index (χ1n) is 11.0. The molecule has 4 aromatic rings. The fraction of sp³-hybridized carbons (Fsp3) is 0.207. The minimum absolute atomic E-state index is 0.215. The van der Waals surface area contributed by atoms with E-state index < -0.39 is 5.60 Å². The topological polar surface area (TPSA) is 33.1 Å². The third kappa shape index (κ3) is 4.93. The number of hydrogen-bond acceptors (Lipinski definition) is 2. The van der Waals surface area contributed by atoms with Crippen molar-refractivity contribution in [3.63, 3.8) is 0 Å². The summed E-state index contributed by atoms with van der Waals surface area (Å²) in [6, 6.07) is 26.6. The molecule has 32 heavy (non-hydrogen) atoms. The predicted octanol–water partition coefficient (Wildman–Crippen LogP) is 7.83. The minimum Gasteiger partial charge on any atom is -0.386 e. The van der Waals surface area contributed by atoms with Crippen LogP contribution in [-0.4, -0.2) is 10.1 Å². The number of aromatic nitrogens is 1. The standard InChI is InChI=1S/C29H28ClNO/c1-4-25(26-10-5-6-11-27(26)29(2,3)32)22-9-7-8-20(18-22)12-16-24-17-14-21-13-15-23(30)19-28(21)31-24/h5-19,25,32H,4H2,1-3H3/t25-/m1/s1. The van der Waals surface area contributed by atoms with E-state index in [2.05, 4.69) is 55.5 Å². The summed E-state index contributed by atoms with van der Waals surface area (Å²) in [5, 5.41) is 12.5. The molecule has 0 saturated carbocycles. The zero-order valence-corrected chi connectivity index (χ0v) is 19.5. The van der Waals surface area contributed by atoms with Crippen LogP contribution < -0.4 is 0 Å². The molecule has 0 unspecified atom stereocenters. The van der Waals surface area contributed by atoms with Crippen molar-refractivity contribution in [2.45, 2.75) is 38.7 Å². The number of pyridine rings is 1. The molecule has 3 aromatic carbocycles. The van der Waals surface area contributed by atoms with Crippen molar-refractivity contribution in [1.29, 1.82) is 0 Å². The minimum atomic E-state index is -0.883. The van der Waals surface area contributed by atoms with Gasteiger partial charge in [0.2, 0.25) is 0 Å². The average molecular weight is 442 g/mol. The average Bonchev–Trinajstić information content (AvgIpc) is 2.78. The molecule has 0 saturated heterocycles. The quantitative estimate of drug-likeness (QED) is 0.330. The summed E-state index contributed by atoms with van der Waals surface area (Å²) in [4.78, 5) is 4.71. The number of aliphatic hydroxyl groups is 1. The van der Waals surface area contributed by atoms with Gasteiger partial charge in [0.25, 0.3) is 0 Å². The van der Waals surface area contributed by atoms with E-state index in [0.717, 1.165) is 34.1 Å². The first-order valence-corrected chi connectivity index (χ1v) is 11.4. The Morgan fingerprint density at radius 2 is 1.72 bits per heavy atom. The molecular formula is C29H28ClNO. The molecule has 0 spiro atoms. The molecule has 162 valence electrons. The van der Waals surface area contributed by atoms with E-state index in [4.69, 9.17) is 16.6 Å². The predicted molar refractivity (Wildman–Crippen MR) is 136 cm³/mol. The van der Waals surface area contributed by atoms with Gasteiger partial charge in [-0.15, -0.1) is 0 Å². The maximum atomic E-state index is 10.7. The fourth-order valence-corrected chi connectivity index (χ4v) is 4.42. The van der Waals surface area contributed by atoms with Crippen molar-refractivity contribution in [2.75, 3.05) is 0 Å². The highest BCUT2D eigenvalue weighted by atomic mass is 35.5. The molecule has 1 N–H and O–H groups in total. The van der Waals surface area contributed by atoms with Gasteiger partial charge in [-0.2, -0.15) is 0 Å². The highest BCUT2D eigenvalue weighted by Gasteiger charge is 2.24. The first kappa shape index (κ1) is 22.3. The third-order valence-corrected chi connectivity index (χ3v) is 6.07. The zero-order valence-electron chi connectivity index (χ0n) is 18.7. The van der Waals surface area contributed by atoms with Gasteiger partial charge in [0.1, 0.15) is 0 Å². The Morgan fingerprint density at radius 1 is 0.938 bits per heavy atom. The maximum absolute atomic E-state index is 10.7. The van der Waals surface area contributed by atoms with Gasteiger partial charge in [-0.25, -0.2) is 4.98 Å². The van der Waals surface area contributed by atoms with E-state index in [0.29, 0.717) is 5.02 Å². The van der Waals surface area contributed by atoms with Gasteiger partial charge >= 0.3 is 0 Å². The summed E-state index contributed by atoms with van der Waals surface area (Å²) in [6.07, 6.45) is 5.08. The van der Waals surface area contributed by atoms with Crippen molar-refractivity contribution >= 4 is 34.7 Å². The Bertz CT molecular complexity index is 1270. The SMILES string of the molecule is CC[C@H](c1cccc(C=Cc2ccc3ccc(Cl)cc3n2)c1)c1ccccc1C(C)(C)O. The molecule has 0 bridgehead atoms. The van der Waals surface area contributed by atoms with Crippen molar-refractivity contribution in [3.8, 4) is 0 Å². The molecule has 0 fully saturated rings. The lowest BCUT2D eigenvalue weighted by Crippen LogP contribution is -2.19. The van der Waals surface area contributed by atoms with Gasteiger partial charge in [-0.3, -0.25) is 0 Å². The van der Waals surface area contributed by atoms with Crippen LogP contribution in [0.3, 0.4) is 0 Å². The molecule has 1 atom stereocenters. The van der Waals surface area contributed by atoms with E-state index in [1.165, 1.54) is 11.1 Å². The molecule has 2 nitrogen and oxygen atoms in total. The summed E-state index contributed by atoms with van der Waals surface area (Å²) < 4.78 is 0. The Morgan fingerprint density at radius 3 is 2.50 bits per heavy atom. The van der Waals surface area contributed by atoms with Crippen LogP contribution in [0.4, 0.5) is 0 Å². The molecule has 4 rings (SSSR count). The van der Waals surface area contributed by atoms with Crippen LogP contribution in [0.25, 0.3) is 23.1 Å². The van der Waals surface area contributed by atoms with E-state index >= 15 is 0 Å². The lowest BCUT2D eigenvalue weighted by Gasteiger charge is -2.26. The first-order chi connectivity index (χ1) is 15.3.